The Morgan fingerprint density at radius 2 is 1.63 bits per heavy atom. The third kappa shape index (κ3) is 4.12. The van der Waals surface area contributed by atoms with Crippen molar-refractivity contribution in [2.24, 2.45) is 5.92 Å². The van der Waals surface area contributed by atoms with Crippen molar-refractivity contribution in [1.82, 2.24) is 0 Å². The molecule has 0 saturated heterocycles. The molecule has 2 atom stereocenters. The van der Waals surface area contributed by atoms with E-state index in [1.165, 1.54) is 16.7 Å². The lowest BCUT2D eigenvalue weighted by Crippen LogP contribution is -2.27. The Kier molecular flexibility index (Phi) is 5.66. The van der Waals surface area contributed by atoms with Crippen LogP contribution >= 0.6 is 23.4 Å². The first-order valence-electron chi connectivity index (χ1n) is 9.25. The molecule has 0 saturated carbocycles. The van der Waals surface area contributed by atoms with E-state index in [1.807, 2.05) is 48.2 Å². The molecule has 136 valence electrons. The smallest absolute Gasteiger partial charge is 0.167 e. The van der Waals surface area contributed by atoms with E-state index in [1.54, 1.807) is 0 Å². The highest BCUT2D eigenvalue weighted by Gasteiger charge is 2.34. The Balaban J connectivity index is 1.63. The molecule has 1 aliphatic carbocycles. The van der Waals surface area contributed by atoms with Crippen molar-refractivity contribution in [2.45, 2.75) is 23.8 Å². The Morgan fingerprint density at radius 1 is 0.926 bits per heavy atom. The molecule has 0 N–H and O–H groups in total. The Morgan fingerprint density at radius 3 is 2.41 bits per heavy atom. The van der Waals surface area contributed by atoms with Gasteiger partial charge in [-0.05, 0) is 41.7 Å². The molecular weight excluding hydrogens is 372 g/mol. The number of carbonyl (C=O) groups excluding carboxylic acids is 1. The summed E-state index contributed by atoms with van der Waals surface area (Å²) < 4.78 is 0. The maximum atomic E-state index is 13.3. The summed E-state index contributed by atoms with van der Waals surface area (Å²) in [7, 11) is 0. The van der Waals surface area contributed by atoms with E-state index in [-0.39, 0.29) is 17.0 Å². The number of carbonyl (C=O) groups is 1. The third-order valence-electron chi connectivity index (χ3n) is 5.18. The van der Waals surface area contributed by atoms with Crippen LogP contribution in [-0.2, 0) is 12.2 Å². The molecule has 0 bridgehead atoms. The fourth-order valence-corrected chi connectivity index (χ4v) is 5.30. The number of hydrogen-bond acceptors (Lipinski definition) is 2. The normalized spacial score (nSPS) is 17.4. The van der Waals surface area contributed by atoms with Crippen LogP contribution in [0.2, 0.25) is 5.02 Å². The van der Waals surface area contributed by atoms with Crippen LogP contribution in [0.5, 0.6) is 0 Å². The van der Waals surface area contributed by atoms with E-state index in [0.717, 1.165) is 29.2 Å². The largest absolute Gasteiger partial charge is 0.294 e. The van der Waals surface area contributed by atoms with Crippen LogP contribution in [0.1, 0.15) is 38.7 Å². The summed E-state index contributed by atoms with van der Waals surface area (Å²) in [6, 6.07) is 26.5. The number of benzene rings is 3. The van der Waals surface area contributed by atoms with Crippen LogP contribution in [0.15, 0.2) is 78.9 Å². The van der Waals surface area contributed by atoms with Gasteiger partial charge in [0.15, 0.2) is 5.78 Å². The molecule has 1 aliphatic rings. The van der Waals surface area contributed by atoms with Crippen molar-refractivity contribution in [1.29, 1.82) is 0 Å². The summed E-state index contributed by atoms with van der Waals surface area (Å²) in [5, 5.41) is 0.856. The molecule has 0 aromatic heterocycles. The first-order chi connectivity index (χ1) is 13.2. The maximum Gasteiger partial charge on any atom is 0.167 e. The minimum Gasteiger partial charge on any atom is -0.294 e. The number of ketones is 1. The van der Waals surface area contributed by atoms with E-state index in [9.17, 15) is 4.79 Å². The molecule has 1 nitrogen and oxygen atoms in total. The van der Waals surface area contributed by atoms with Crippen molar-refractivity contribution >= 4 is 29.1 Å². The van der Waals surface area contributed by atoms with Crippen LogP contribution in [0.3, 0.4) is 0 Å². The predicted octanol–water partition coefficient (Wildman–Crippen LogP) is 6.76. The van der Waals surface area contributed by atoms with Crippen molar-refractivity contribution in [3.05, 3.63) is 106 Å². The average molecular weight is 393 g/mol. The maximum absolute atomic E-state index is 13.3. The number of rotatable bonds is 5. The molecule has 0 aliphatic heterocycles. The zero-order valence-electron chi connectivity index (χ0n) is 15.0. The Bertz CT molecular complexity index is 921. The number of fused-ring (bicyclic) bond motifs is 1. The summed E-state index contributed by atoms with van der Waals surface area (Å²) in [4.78, 5) is 13.3. The first-order valence-corrected chi connectivity index (χ1v) is 10.7. The van der Waals surface area contributed by atoms with Crippen LogP contribution in [0.25, 0.3) is 0 Å². The van der Waals surface area contributed by atoms with Crippen LogP contribution in [-0.4, -0.2) is 5.78 Å². The van der Waals surface area contributed by atoms with E-state index in [2.05, 4.69) is 42.5 Å². The zero-order chi connectivity index (χ0) is 18.6. The van der Waals surface area contributed by atoms with Gasteiger partial charge >= 0.3 is 0 Å². The molecule has 3 heteroatoms. The number of halogens is 1. The second kappa shape index (κ2) is 8.33. The number of Topliss-reactive ketones (excluding diaryl/α,β-unsaturated/α-hetero) is 1. The number of aryl methyl sites for hydroxylation is 1. The quantitative estimate of drug-likeness (QED) is 0.477. The minimum atomic E-state index is -0.00483. The van der Waals surface area contributed by atoms with Gasteiger partial charge in [0.05, 0.1) is 0 Å². The molecule has 3 aromatic carbocycles. The van der Waals surface area contributed by atoms with Crippen molar-refractivity contribution in [3.8, 4) is 0 Å². The standard InChI is InChI=1S/C24H21ClOS/c25-20-13-10-19(11-14-20)24(27-16-17-6-2-1-3-7-17)22-15-12-18-8-4-5-9-21(18)23(22)26/h1-11,13-14,22,24H,12,15-16H2/t22-,24+/m1/s1. The van der Waals surface area contributed by atoms with Gasteiger partial charge in [-0.2, -0.15) is 0 Å². The Hall–Kier alpha value is -2.03. The van der Waals surface area contributed by atoms with E-state index in [4.69, 9.17) is 11.6 Å². The lowest BCUT2D eigenvalue weighted by atomic mass is 9.79. The second-order valence-electron chi connectivity index (χ2n) is 6.94. The molecule has 0 fully saturated rings. The summed E-state index contributed by atoms with van der Waals surface area (Å²) in [5.74, 6) is 1.16. The van der Waals surface area contributed by atoms with Gasteiger partial charge in [-0.15, -0.1) is 11.8 Å². The molecule has 0 spiro atoms. The van der Waals surface area contributed by atoms with Crippen LogP contribution < -0.4 is 0 Å². The van der Waals surface area contributed by atoms with Gasteiger partial charge in [0.25, 0.3) is 0 Å². The highest BCUT2D eigenvalue weighted by Crippen LogP contribution is 2.44. The summed E-state index contributed by atoms with van der Waals surface area (Å²) in [6.07, 6.45) is 1.85. The van der Waals surface area contributed by atoms with Crippen molar-refractivity contribution in [3.63, 3.8) is 0 Å². The minimum absolute atomic E-state index is 0.00483. The first kappa shape index (κ1) is 18.3. The number of hydrogen-bond donors (Lipinski definition) is 0. The van der Waals surface area contributed by atoms with E-state index in [0.29, 0.717) is 0 Å². The monoisotopic (exact) mass is 392 g/mol. The summed E-state index contributed by atoms with van der Waals surface area (Å²) >= 11 is 7.95. The van der Waals surface area contributed by atoms with Crippen molar-refractivity contribution < 1.29 is 4.79 Å². The van der Waals surface area contributed by atoms with Gasteiger partial charge in [-0.3, -0.25) is 4.79 Å². The van der Waals surface area contributed by atoms with Gasteiger partial charge < -0.3 is 0 Å². The van der Waals surface area contributed by atoms with Gasteiger partial charge in [0.1, 0.15) is 0 Å². The lowest BCUT2D eigenvalue weighted by molar-refractivity contribution is 0.0899. The van der Waals surface area contributed by atoms with Crippen LogP contribution in [0.4, 0.5) is 0 Å². The highest BCUT2D eigenvalue weighted by atomic mass is 35.5. The fraction of sp³-hybridized carbons (Fsp3) is 0.208. The summed E-state index contributed by atoms with van der Waals surface area (Å²) in [6.45, 7) is 0. The summed E-state index contributed by atoms with van der Waals surface area (Å²) in [5.41, 5.74) is 4.54. The van der Waals surface area contributed by atoms with Crippen LogP contribution in [0, 0.1) is 5.92 Å². The van der Waals surface area contributed by atoms with Crippen molar-refractivity contribution in [2.75, 3.05) is 0 Å². The topological polar surface area (TPSA) is 17.1 Å². The predicted molar refractivity (Wildman–Crippen MR) is 115 cm³/mol. The third-order valence-corrected chi connectivity index (χ3v) is 6.89. The van der Waals surface area contributed by atoms with E-state index >= 15 is 0 Å². The highest BCUT2D eigenvalue weighted by molar-refractivity contribution is 7.98. The molecule has 4 rings (SSSR count). The fourth-order valence-electron chi connectivity index (χ4n) is 3.77. The molecule has 0 amide bonds. The van der Waals surface area contributed by atoms with Gasteiger partial charge in [-0.25, -0.2) is 0 Å². The molecule has 0 heterocycles. The number of thioether (sulfide) groups is 1. The SMILES string of the molecule is O=C1c2ccccc2CC[C@H]1[C@@H](SCc1ccccc1)c1ccc(Cl)cc1. The Labute approximate surface area is 169 Å². The molecular formula is C24H21ClOS. The second-order valence-corrected chi connectivity index (χ2v) is 8.50. The van der Waals surface area contributed by atoms with Gasteiger partial charge in [0, 0.05) is 27.5 Å². The molecule has 0 unspecified atom stereocenters. The average Bonchev–Trinajstić information content (AvgIpc) is 2.72. The van der Waals surface area contributed by atoms with E-state index < -0.39 is 0 Å². The molecule has 0 radical (unpaired) electrons. The zero-order valence-corrected chi connectivity index (χ0v) is 16.5. The van der Waals surface area contributed by atoms with Gasteiger partial charge in [-0.1, -0.05) is 78.3 Å². The molecule has 27 heavy (non-hydrogen) atoms. The molecule has 3 aromatic rings. The lowest BCUT2D eigenvalue weighted by Gasteiger charge is -2.30. The van der Waals surface area contributed by atoms with Gasteiger partial charge in [0.2, 0.25) is 0 Å².